The van der Waals surface area contributed by atoms with Crippen LogP contribution in [0.1, 0.15) is 0 Å². The maximum atomic E-state index is 12.1. The number of nitrogens with one attached hydrogen (secondary N) is 1. The van der Waals surface area contributed by atoms with E-state index in [-0.39, 0.29) is 98.2 Å². The Bertz CT molecular complexity index is 580. The fraction of sp³-hybridized carbons (Fsp3) is 0.778. The first-order valence-electron chi connectivity index (χ1n) is 10.1. The molecule has 0 aliphatic carbocycles. The predicted molar refractivity (Wildman–Crippen MR) is 103 cm³/mol. The molecule has 0 aromatic heterocycles. The summed E-state index contributed by atoms with van der Waals surface area (Å²) in [4.78, 5) is 51.9. The van der Waals surface area contributed by atoms with E-state index in [1.165, 1.54) is 0 Å². The van der Waals surface area contributed by atoms with Crippen LogP contribution >= 0.6 is 0 Å². The molecule has 0 aromatic rings. The Hall–Kier alpha value is -0.995. The van der Waals surface area contributed by atoms with Crippen LogP contribution in [-0.4, -0.2) is 135 Å². The number of hydrogen-bond acceptors (Lipinski definition) is 12. The molecule has 13 nitrogen and oxygen atoms in total. The Morgan fingerprint density at radius 3 is 1.16 bits per heavy atom. The minimum Gasteiger partial charge on any atom is -0.549 e. The van der Waals surface area contributed by atoms with Gasteiger partial charge in [-0.2, -0.15) is 0 Å². The molecule has 1 aliphatic rings. The predicted octanol–water partition coefficient (Wildman–Crippen LogP) is -7.47. The Balaban J connectivity index is 0.00000961. The van der Waals surface area contributed by atoms with Crippen molar-refractivity contribution in [3.8, 4) is 0 Å². The molecule has 1 amide bonds. The zero-order valence-electron chi connectivity index (χ0n) is 18.0. The summed E-state index contributed by atoms with van der Waals surface area (Å²) in [5.74, 6) is -4.04. The molecule has 0 aromatic carbocycles. The number of nitrogens with two attached hydrogens (primary N) is 1. The smallest absolute Gasteiger partial charge is 0.549 e. The summed E-state index contributed by atoms with van der Waals surface area (Å²) in [7, 11) is 0. The Kier molecular flexibility index (Phi) is 16.9. The third-order valence-corrected chi connectivity index (χ3v) is 4.82. The van der Waals surface area contributed by atoms with E-state index in [9.17, 15) is 34.5 Å². The molecule has 1 saturated heterocycles. The maximum absolute atomic E-state index is 12.1. The normalized spacial score (nSPS) is 18.0. The number of carbonyl (C=O) groups excluding carboxylic acids is 4. The summed E-state index contributed by atoms with van der Waals surface area (Å²) in [6.07, 6.45) is 0. The van der Waals surface area contributed by atoms with Crippen LogP contribution in [0.15, 0.2) is 0 Å². The van der Waals surface area contributed by atoms with Crippen molar-refractivity contribution in [3.63, 3.8) is 0 Å². The summed E-state index contributed by atoms with van der Waals surface area (Å²) in [5, 5.41) is 35.9. The largest absolute Gasteiger partial charge is 3.00 e. The Labute approximate surface area is 219 Å². The second-order valence-electron chi connectivity index (χ2n) is 7.36. The summed E-state index contributed by atoms with van der Waals surface area (Å²) in [6, 6.07) is 0. The van der Waals surface area contributed by atoms with Gasteiger partial charge in [-0.15, -0.1) is 0 Å². The van der Waals surface area contributed by atoms with Gasteiger partial charge in [0.1, 0.15) is 0 Å². The van der Waals surface area contributed by atoms with E-state index >= 15 is 0 Å². The van der Waals surface area contributed by atoms with Crippen molar-refractivity contribution in [2.75, 3.05) is 91.6 Å². The topological polar surface area (TPSA) is 188 Å². The summed E-state index contributed by atoms with van der Waals surface area (Å²) in [6.45, 7) is 1.98. The van der Waals surface area contributed by atoms with E-state index < -0.39 is 17.9 Å². The van der Waals surface area contributed by atoms with Gasteiger partial charge < -0.3 is 40.8 Å². The van der Waals surface area contributed by atoms with Crippen molar-refractivity contribution in [2.45, 2.75) is 0 Å². The summed E-state index contributed by atoms with van der Waals surface area (Å²) in [5.41, 5.74) is 5.39. The van der Waals surface area contributed by atoms with Crippen LogP contribution in [0.4, 0.5) is 0 Å². The van der Waals surface area contributed by atoms with Crippen molar-refractivity contribution in [1.29, 1.82) is 0 Å². The van der Waals surface area contributed by atoms with Crippen LogP contribution in [-0.2, 0) is 19.2 Å². The molecule has 1 rings (SSSR count). The van der Waals surface area contributed by atoms with Crippen LogP contribution in [0.2, 0.25) is 0 Å². The molecule has 1 aliphatic heterocycles. The van der Waals surface area contributed by atoms with Crippen LogP contribution in [0, 0.1) is 39.9 Å². The van der Waals surface area contributed by atoms with Gasteiger partial charge in [-0.05, 0) is 0 Å². The first-order valence-corrected chi connectivity index (χ1v) is 10.1. The van der Waals surface area contributed by atoms with E-state index in [0.717, 1.165) is 0 Å². The van der Waals surface area contributed by atoms with Crippen molar-refractivity contribution >= 4 is 23.8 Å². The molecule has 14 heteroatoms. The van der Waals surface area contributed by atoms with Gasteiger partial charge in [0.15, 0.2) is 0 Å². The molecular weight excluding hydrogens is 569 g/mol. The Morgan fingerprint density at radius 2 is 0.906 bits per heavy atom. The minimum absolute atomic E-state index is 0. The van der Waals surface area contributed by atoms with Crippen molar-refractivity contribution in [3.05, 3.63) is 0 Å². The zero-order valence-corrected chi connectivity index (χ0v) is 20.2. The van der Waals surface area contributed by atoms with Crippen LogP contribution in [0.25, 0.3) is 0 Å². The number of nitrogens with zero attached hydrogens (tertiary/aromatic N) is 4. The van der Waals surface area contributed by atoms with Crippen molar-refractivity contribution in [1.82, 2.24) is 24.9 Å². The molecule has 0 unspecified atom stereocenters. The molecule has 0 saturated carbocycles. The quantitative estimate of drug-likeness (QED) is 0.241. The second kappa shape index (κ2) is 17.5. The molecule has 1 radical (unpaired) electrons. The maximum Gasteiger partial charge on any atom is 3.00 e. The minimum atomic E-state index is -1.28. The first kappa shape index (κ1) is 31.0. The SMILES string of the molecule is NCCNC(=O)CN1CCN(CC(=O)[O-])CCN(CC(=O)[O-])CCN(CC(=O)[O-])CC1.[Gd+3]. The molecule has 0 bridgehead atoms. The molecule has 3 N–H and O–H groups in total. The van der Waals surface area contributed by atoms with Gasteiger partial charge in [-0.25, -0.2) is 0 Å². The van der Waals surface area contributed by atoms with E-state index in [1.54, 1.807) is 19.6 Å². The Morgan fingerprint density at radius 1 is 0.625 bits per heavy atom. The van der Waals surface area contributed by atoms with Gasteiger partial charge in [0, 0.05) is 85.1 Å². The standard InChI is InChI=1S/C18H34N6O7.Gd/c19-1-2-20-15(25)11-21-3-5-22(12-16(26)27)7-9-24(14-18(30)31)10-8-23(6-4-21)13-17(28)29;/h1-14,19H2,(H,20,25)(H,26,27)(H,28,29)(H,30,31);/q;+3/p-3. The number of rotatable bonds is 10. The molecule has 0 atom stereocenters. The molecular formula is C18H31GdN6O7. The molecule has 183 valence electrons. The average Bonchev–Trinajstić information content (AvgIpc) is 2.67. The van der Waals surface area contributed by atoms with E-state index in [0.29, 0.717) is 39.3 Å². The van der Waals surface area contributed by atoms with Gasteiger partial charge in [0.25, 0.3) is 0 Å². The van der Waals surface area contributed by atoms with Gasteiger partial charge in [0.05, 0.1) is 24.5 Å². The number of carbonyl (C=O) groups is 4. The summed E-state index contributed by atoms with van der Waals surface area (Å²) >= 11 is 0. The van der Waals surface area contributed by atoms with Gasteiger partial charge >= 0.3 is 39.9 Å². The van der Waals surface area contributed by atoms with Crippen LogP contribution < -0.4 is 26.4 Å². The molecule has 1 fully saturated rings. The van der Waals surface area contributed by atoms with Crippen LogP contribution in [0.5, 0.6) is 0 Å². The number of amides is 1. The number of carboxylic acids is 3. The third-order valence-electron chi connectivity index (χ3n) is 4.82. The number of carboxylic acid groups (broad SMARTS) is 3. The number of hydrogen-bond donors (Lipinski definition) is 2. The van der Waals surface area contributed by atoms with E-state index in [1.807, 2.05) is 0 Å². The van der Waals surface area contributed by atoms with Gasteiger partial charge in [-0.3, -0.25) is 24.4 Å². The van der Waals surface area contributed by atoms with Crippen LogP contribution in [0.3, 0.4) is 0 Å². The van der Waals surface area contributed by atoms with Gasteiger partial charge in [0.2, 0.25) is 5.91 Å². The monoisotopic (exact) mass is 601 g/mol. The zero-order chi connectivity index (χ0) is 23.2. The van der Waals surface area contributed by atoms with Gasteiger partial charge in [-0.1, -0.05) is 0 Å². The molecule has 0 spiro atoms. The fourth-order valence-corrected chi connectivity index (χ4v) is 3.23. The molecule has 1 heterocycles. The molecule has 32 heavy (non-hydrogen) atoms. The first-order chi connectivity index (χ1) is 14.7. The van der Waals surface area contributed by atoms with E-state index in [2.05, 4.69) is 5.32 Å². The summed E-state index contributed by atoms with van der Waals surface area (Å²) < 4.78 is 0. The second-order valence-corrected chi connectivity index (χ2v) is 7.36. The third kappa shape index (κ3) is 15.0. The number of aliphatic carboxylic acids is 3. The van der Waals surface area contributed by atoms with Crippen molar-refractivity contribution < 1.29 is 74.4 Å². The van der Waals surface area contributed by atoms with E-state index in [4.69, 9.17) is 5.73 Å². The average molecular weight is 601 g/mol. The van der Waals surface area contributed by atoms with Crippen molar-refractivity contribution in [2.24, 2.45) is 5.73 Å². The fourth-order valence-electron chi connectivity index (χ4n) is 3.23.